The zero-order valence-corrected chi connectivity index (χ0v) is 17.1. The molecule has 4 rings (SSSR count). The third-order valence-electron chi connectivity index (χ3n) is 6.55. The summed E-state index contributed by atoms with van der Waals surface area (Å²) in [5.41, 5.74) is 5.66. The van der Waals surface area contributed by atoms with E-state index in [2.05, 4.69) is 91.9 Å². The summed E-state index contributed by atoms with van der Waals surface area (Å²) < 4.78 is 0. The monoisotopic (exact) mass is 368 g/mol. The van der Waals surface area contributed by atoms with Crippen molar-refractivity contribution in [3.63, 3.8) is 0 Å². The van der Waals surface area contributed by atoms with Crippen molar-refractivity contribution in [2.24, 2.45) is 5.92 Å². The molecule has 0 unspecified atom stereocenters. The van der Waals surface area contributed by atoms with Gasteiger partial charge in [-0.25, -0.2) is 0 Å². The van der Waals surface area contributed by atoms with Crippen LogP contribution in [0.3, 0.4) is 0 Å². The van der Waals surface area contributed by atoms with Crippen LogP contribution in [-0.4, -0.2) is 0 Å². The molecule has 0 bridgehead atoms. The van der Waals surface area contributed by atoms with Gasteiger partial charge in [0.25, 0.3) is 0 Å². The zero-order valence-electron chi connectivity index (χ0n) is 17.1. The van der Waals surface area contributed by atoms with Crippen LogP contribution < -0.4 is 0 Å². The molecule has 3 aromatic carbocycles. The van der Waals surface area contributed by atoms with Gasteiger partial charge >= 0.3 is 0 Å². The minimum atomic E-state index is 0.303. The molecule has 0 heteroatoms. The fourth-order valence-electron chi connectivity index (χ4n) is 5.02. The smallest absolute Gasteiger partial charge is 0.0339 e. The summed E-state index contributed by atoms with van der Waals surface area (Å²) in [5, 5.41) is 0. The van der Waals surface area contributed by atoms with Gasteiger partial charge in [-0.1, -0.05) is 105 Å². The first-order valence-electron chi connectivity index (χ1n) is 11.0. The Morgan fingerprint density at radius 1 is 0.643 bits per heavy atom. The predicted octanol–water partition coefficient (Wildman–Crippen LogP) is 7.94. The molecule has 1 saturated carbocycles. The van der Waals surface area contributed by atoms with Gasteiger partial charge in [0.1, 0.15) is 0 Å². The quantitative estimate of drug-likeness (QED) is 0.387. The topological polar surface area (TPSA) is 0 Å². The first-order valence-corrected chi connectivity index (χ1v) is 11.0. The molecule has 3 aromatic rings. The van der Waals surface area contributed by atoms with Crippen molar-refractivity contribution in [1.29, 1.82) is 0 Å². The minimum Gasteiger partial charge on any atom is -0.0654 e. The highest BCUT2D eigenvalue weighted by atomic mass is 14.3. The second kappa shape index (κ2) is 9.24. The summed E-state index contributed by atoms with van der Waals surface area (Å²) in [4.78, 5) is 0. The molecular weight excluding hydrogens is 336 g/mol. The van der Waals surface area contributed by atoms with E-state index < -0.39 is 0 Å². The van der Waals surface area contributed by atoms with Crippen LogP contribution in [0.4, 0.5) is 0 Å². The van der Waals surface area contributed by atoms with Gasteiger partial charge in [0, 0.05) is 5.92 Å². The summed E-state index contributed by atoms with van der Waals surface area (Å²) >= 11 is 0. The Morgan fingerprint density at radius 3 is 1.64 bits per heavy atom. The van der Waals surface area contributed by atoms with Gasteiger partial charge in [0.05, 0.1) is 0 Å². The standard InChI is InChI=1S/C28H32/c1-2-9-22-14-16-23(17-15-22)24-18-20-27(21-19-24)28(25-10-5-3-6-11-25)26-12-7-4-8-13-26/h3-8,10-13,18-23,28H,2,9,14-17H2,1H3. The van der Waals surface area contributed by atoms with Crippen molar-refractivity contribution in [3.05, 3.63) is 107 Å². The summed E-state index contributed by atoms with van der Waals surface area (Å²) in [6, 6.07) is 31.3. The Hall–Kier alpha value is -2.34. The van der Waals surface area contributed by atoms with Crippen LogP contribution in [-0.2, 0) is 0 Å². The van der Waals surface area contributed by atoms with Crippen LogP contribution in [0.2, 0.25) is 0 Å². The lowest BCUT2D eigenvalue weighted by Gasteiger charge is -2.29. The fraction of sp³-hybridized carbons (Fsp3) is 0.357. The van der Waals surface area contributed by atoms with E-state index in [0.717, 1.165) is 11.8 Å². The highest BCUT2D eigenvalue weighted by molar-refractivity contribution is 5.43. The maximum atomic E-state index is 2.40. The lowest BCUT2D eigenvalue weighted by molar-refractivity contribution is 0.308. The maximum Gasteiger partial charge on any atom is 0.0339 e. The molecule has 1 aliphatic carbocycles. The molecule has 0 heterocycles. The average Bonchev–Trinajstić information content (AvgIpc) is 2.77. The Balaban J connectivity index is 1.56. The van der Waals surface area contributed by atoms with E-state index in [4.69, 9.17) is 0 Å². The second-order valence-electron chi connectivity index (χ2n) is 8.43. The molecular formula is C28H32. The van der Waals surface area contributed by atoms with E-state index in [1.165, 1.54) is 55.2 Å². The lowest BCUT2D eigenvalue weighted by atomic mass is 9.76. The van der Waals surface area contributed by atoms with Gasteiger partial charge in [0.15, 0.2) is 0 Å². The number of hydrogen-bond acceptors (Lipinski definition) is 0. The predicted molar refractivity (Wildman–Crippen MR) is 120 cm³/mol. The van der Waals surface area contributed by atoms with Gasteiger partial charge in [-0.15, -0.1) is 0 Å². The number of rotatable bonds is 6. The second-order valence-corrected chi connectivity index (χ2v) is 8.43. The highest BCUT2D eigenvalue weighted by Crippen LogP contribution is 2.38. The fourth-order valence-corrected chi connectivity index (χ4v) is 5.02. The number of benzene rings is 3. The van der Waals surface area contributed by atoms with Crippen LogP contribution >= 0.6 is 0 Å². The molecule has 0 N–H and O–H groups in total. The summed E-state index contributed by atoms with van der Waals surface area (Å²) in [6.45, 7) is 2.32. The Labute approximate surface area is 170 Å². The summed E-state index contributed by atoms with van der Waals surface area (Å²) in [7, 11) is 0. The zero-order chi connectivity index (χ0) is 19.2. The summed E-state index contributed by atoms with van der Waals surface area (Å²) in [6.07, 6.45) is 8.31. The van der Waals surface area contributed by atoms with Crippen molar-refractivity contribution in [3.8, 4) is 0 Å². The SMILES string of the molecule is CCCC1CCC(c2ccc(C(c3ccccc3)c3ccccc3)cc2)CC1. The molecule has 0 nitrogen and oxygen atoms in total. The third kappa shape index (κ3) is 4.38. The average molecular weight is 369 g/mol. The lowest BCUT2D eigenvalue weighted by Crippen LogP contribution is -2.13. The van der Waals surface area contributed by atoms with Gasteiger partial charge in [0.2, 0.25) is 0 Å². The van der Waals surface area contributed by atoms with Crippen LogP contribution in [0.1, 0.15) is 79.5 Å². The third-order valence-corrected chi connectivity index (χ3v) is 6.55. The maximum absolute atomic E-state index is 2.40. The largest absolute Gasteiger partial charge is 0.0654 e. The molecule has 0 saturated heterocycles. The Bertz CT molecular complexity index is 785. The normalized spacial score (nSPS) is 19.6. The van der Waals surface area contributed by atoms with E-state index in [1.807, 2.05) is 0 Å². The van der Waals surface area contributed by atoms with Crippen LogP contribution in [0.5, 0.6) is 0 Å². The van der Waals surface area contributed by atoms with Crippen molar-refractivity contribution in [1.82, 2.24) is 0 Å². The molecule has 1 aliphatic rings. The van der Waals surface area contributed by atoms with Gasteiger partial charge in [-0.05, 0) is 59.8 Å². The van der Waals surface area contributed by atoms with Crippen LogP contribution in [0.15, 0.2) is 84.9 Å². The van der Waals surface area contributed by atoms with Crippen molar-refractivity contribution in [2.75, 3.05) is 0 Å². The van der Waals surface area contributed by atoms with E-state index in [1.54, 1.807) is 5.56 Å². The summed E-state index contributed by atoms with van der Waals surface area (Å²) in [5.74, 6) is 2.03. The van der Waals surface area contributed by atoms with Gasteiger partial charge < -0.3 is 0 Å². The molecule has 1 fully saturated rings. The van der Waals surface area contributed by atoms with Gasteiger partial charge in [-0.3, -0.25) is 0 Å². The molecule has 0 spiro atoms. The first kappa shape index (κ1) is 19.0. The van der Waals surface area contributed by atoms with Crippen LogP contribution in [0, 0.1) is 5.92 Å². The Kier molecular flexibility index (Phi) is 6.27. The van der Waals surface area contributed by atoms with E-state index in [9.17, 15) is 0 Å². The van der Waals surface area contributed by atoms with Crippen molar-refractivity contribution in [2.45, 2.75) is 57.3 Å². The van der Waals surface area contributed by atoms with Crippen molar-refractivity contribution < 1.29 is 0 Å². The van der Waals surface area contributed by atoms with E-state index in [-0.39, 0.29) is 0 Å². The first-order chi connectivity index (χ1) is 13.8. The van der Waals surface area contributed by atoms with E-state index >= 15 is 0 Å². The molecule has 0 atom stereocenters. The van der Waals surface area contributed by atoms with E-state index in [0.29, 0.717) is 5.92 Å². The highest BCUT2D eigenvalue weighted by Gasteiger charge is 2.22. The molecule has 28 heavy (non-hydrogen) atoms. The molecule has 0 radical (unpaired) electrons. The van der Waals surface area contributed by atoms with Crippen molar-refractivity contribution >= 4 is 0 Å². The van der Waals surface area contributed by atoms with Gasteiger partial charge in [-0.2, -0.15) is 0 Å². The number of hydrogen-bond donors (Lipinski definition) is 0. The molecule has 144 valence electrons. The molecule has 0 aliphatic heterocycles. The Morgan fingerprint density at radius 2 is 1.14 bits per heavy atom. The minimum absolute atomic E-state index is 0.303. The molecule has 0 aromatic heterocycles. The molecule has 0 amide bonds. The van der Waals surface area contributed by atoms with Crippen LogP contribution in [0.25, 0.3) is 0 Å².